The summed E-state index contributed by atoms with van der Waals surface area (Å²) in [7, 11) is 0. The maximum Gasteiger partial charge on any atom is 0.410 e. The summed E-state index contributed by atoms with van der Waals surface area (Å²) in [6.45, 7) is 9.15. The van der Waals surface area contributed by atoms with E-state index >= 15 is 0 Å². The molecule has 1 saturated heterocycles. The molecule has 9 nitrogen and oxygen atoms in total. The van der Waals surface area contributed by atoms with Crippen LogP contribution in [-0.4, -0.2) is 58.1 Å². The molecule has 0 saturated carbocycles. The van der Waals surface area contributed by atoms with Crippen molar-refractivity contribution in [3.8, 4) is 11.3 Å². The van der Waals surface area contributed by atoms with Gasteiger partial charge in [0.15, 0.2) is 10.9 Å². The standard InChI is InChI=1S/C33H37N7O2S/c1-33(2,3)42-32(41)40-21-19-39(20-22-40)26-15-13-24(14-16-26)23-34-28-11-7-8-12-29(28)35-31(43)36-30-18-17-27(37-38-30)25-9-5-4-6-10-25/h4-18,34H,19-23H2,1-3H3,(H2,35,36,38,43). The topological polar surface area (TPSA) is 94.7 Å². The van der Waals surface area contributed by atoms with E-state index in [1.165, 1.54) is 0 Å². The first-order chi connectivity index (χ1) is 20.7. The molecule has 3 N–H and O–H groups in total. The quantitative estimate of drug-likeness (QED) is 0.204. The van der Waals surface area contributed by atoms with Gasteiger partial charge in [0.05, 0.1) is 17.1 Å². The minimum atomic E-state index is -0.484. The van der Waals surface area contributed by atoms with Crippen LogP contribution in [0.15, 0.2) is 91.0 Å². The van der Waals surface area contributed by atoms with Crippen molar-refractivity contribution in [1.29, 1.82) is 0 Å². The molecule has 0 bridgehead atoms. The van der Waals surface area contributed by atoms with Gasteiger partial charge in [-0.1, -0.05) is 54.6 Å². The summed E-state index contributed by atoms with van der Waals surface area (Å²) in [6.07, 6.45) is -0.244. The molecule has 4 aromatic rings. The molecule has 5 rings (SSSR count). The number of nitrogens with zero attached hydrogens (tertiary/aromatic N) is 4. The predicted octanol–water partition coefficient (Wildman–Crippen LogP) is 6.62. The number of aromatic nitrogens is 2. The number of carbonyl (C=O) groups excluding carboxylic acids is 1. The molecule has 0 atom stereocenters. The molecule has 1 amide bonds. The maximum atomic E-state index is 12.4. The summed E-state index contributed by atoms with van der Waals surface area (Å²) >= 11 is 5.55. The number of benzene rings is 3. The number of thiocarbonyl (C=S) groups is 1. The van der Waals surface area contributed by atoms with Crippen molar-refractivity contribution >= 4 is 46.3 Å². The van der Waals surface area contributed by atoms with Crippen LogP contribution in [0.4, 0.5) is 27.7 Å². The Morgan fingerprint density at radius 3 is 2.14 bits per heavy atom. The summed E-state index contributed by atoms with van der Waals surface area (Å²) in [5.41, 5.74) is 5.41. The van der Waals surface area contributed by atoms with Crippen LogP contribution in [-0.2, 0) is 11.3 Å². The van der Waals surface area contributed by atoms with Crippen molar-refractivity contribution in [3.05, 3.63) is 96.6 Å². The average Bonchev–Trinajstić information content (AvgIpc) is 3.01. The lowest BCUT2D eigenvalue weighted by molar-refractivity contribution is 0.0240. The normalized spacial score (nSPS) is 13.3. The molecule has 1 fully saturated rings. The minimum absolute atomic E-state index is 0.244. The number of anilines is 4. The first-order valence-corrected chi connectivity index (χ1v) is 14.8. The molecule has 1 aliphatic rings. The van der Waals surface area contributed by atoms with Gasteiger partial charge in [-0.3, -0.25) is 0 Å². The van der Waals surface area contributed by atoms with Gasteiger partial charge in [0.2, 0.25) is 0 Å². The zero-order valence-corrected chi connectivity index (χ0v) is 25.5. The molecule has 222 valence electrons. The van der Waals surface area contributed by atoms with Gasteiger partial charge in [-0.15, -0.1) is 10.2 Å². The summed E-state index contributed by atoms with van der Waals surface area (Å²) in [4.78, 5) is 16.4. The van der Waals surface area contributed by atoms with Crippen LogP contribution in [0.1, 0.15) is 26.3 Å². The number of amides is 1. The Labute approximate surface area is 258 Å². The molecule has 0 unspecified atom stereocenters. The number of ether oxygens (including phenoxy) is 1. The van der Waals surface area contributed by atoms with Crippen LogP contribution < -0.4 is 20.9 Å². The van der Waals surface area contributed by atoms with Gasteiger partial charge in [0.25, 0.3) is 0 Å². The summed E-state index contributed by atoms with van der Waals surface area (Å²) < 4.78 is 5.51. The number of piperazine rings is 1. The highest BCUT2D eigenvalue weighted by atomic mass is 32.1. The summed E-state index contributed by atoms with van der Waals surface area (Å²) in [5, 5.41) is 18.9. The van der Waals surface area contributed by atoms with Crippen molar-refractivity contribution in [1.82, 2.24) is 15.1 Å². The second-order valence-electron chi connectivity index (χ2n) is 11.3. The third-order valence-corrected chi connectivity index (χ3v) is 7.07. The molecule has 3 aromatic carbocycles. The number of carbonyl (C=O) groups is 1. The first kappa shape index (κ1) is 29.8. The fraction of sp³-hybridized carbons (Fsp3) is 0.273. The lowest BCUT2D eigenvalue weighted by Gasteiger charge is -2.36. The van der Waals surface area contributed by atoms with Crippen molar-refractivity contribution in [2.45, 2.75) is 32.9 Å². The third-order valence-electron chi connectivity index (χ3n) is 6.87. The van der Waals surface area contributed by atoms with Gasteiger partial charge in [-0.05, 0) is 75.0 Å². The lowest BCUT2D eigenvalue weighted by Crippen LogP contribution is -2.50. The van der Waals surface area contributed by atoms with Crippen LogP contribution in [0.5, 0.6) is 0 Å². The second kappa shape index (κ2) is 13.5. The number of hydrogen-bond acceptors (Lipinski definition) is 7. The van der Waals surface area contributed by atoms with E-state index in [0.29, 0.717) is 30.6 Å². The van der Waals surface area contributed by atoms with E-state index in [4.69, 9.17) is 17.0 Å². The zero-order valence-electron chi connectivity index (χ0n) is 24.7. The van der Waals surface area contributed by atoms with Crippen molar-refractivity contribution in [2.75, 3.05) is 47.0 Å². The Morgan fingerprint density at radius 2 is 1.49 bits per heavy atom. The first-order valence-electron chi connectivity index (χ1n) is 14.4. The number of para-hydroxylation sites is 2. The van der Waals surface area contributed by atoms with Gasteiger partial charge in [-0.2, -0.15) is 0 Å². The minimum Gasteiger partial charge on any atom is -0.444 e. The Morgan fingerprint density at radius 1 is 0.814 bits per heavy atom. The Kier molecular flexibility index (Phi) is 9.36. The Hall–Kier alpha value is -4.70. The number of nitrogens with one attached hydrogen (secondary N) is 3. The van der Waals surface area contributed by atoms with E-state index in [0.717, 1.165) is 47.0 Å². The molecule has 1 aromatic heterocycles. The number of hydrogen-bond donors (Lipinski definition) is 3. The van der Waals surface area contributed by atoms with Gasteiger partial charge in [0.1, 0.15) is 5.60 Å². The van der Waals surface area contributed by atoms with E-state index in [2.05, 4.69) is 55.3 Å². The molecule has 0 spiro atoms. The molecule has 1 aliphatic heterocycles. The Balaban J connectivity index is 1.11. The zero-order chi connectivity index (χ0) is 30.2. The molecule has 0 radical (unpaired) electrons. The van der Waals surface area contributed by atoms with Crippen LogP contribution in [0.25, 0.3) is 11.3 Å². The van der Waals surface area contributed by atoms with Crippen LogP contribution >= 0.6 is 12.2 Å². The molecule has 10 heteroatoms. The second-order valence-corrected chi connectivity index (χ2v) is 11.7. The van der Waals surface area contributed by atoms with E-state index in [1.54, 1.807) is 4.90 Å². The van der Waals surface area contributed by atoms with E-state index in [1.807, 2.05) is 87.5 Å². The monoisotopic (exact) mass is 595 g/mol. The molecule has 43 heavy (non-hydrogen) atoms. The van der Waals surface area contributed by atoms with Gasteiger partial charge in [0, 0.05) is 44.0 Å². The fourth-order valence-corrected chi connectivity index (χ4v) is 4.89. The molecular formula is C33H37N7O2S. The third kappa shape index (κ3) is 8.42. The van der Waals surface area contributed by atoms with Crippen molar-refractivity contribution in [3.63, 3.8) is 0 Å². The van der Waals surface area contributed by atoms with E-state index < -0.39 is 5.60 Å². The summed E-state index contributed by atoms with van der Waals surface area (Å²) in [6, 6.07) is 30.1. The van der Waals surface area contributed by atoms with Crippen molar-refractivity contribution < 1.29 is 9.53 Å². The highest BCUT2D eigenvalue weighted by Crippen LogP contribution is 2.24. The predicted molar refractivity (Wildman–Crippen MR) is 178 cm³/mol. The summed E-state index contributed by atoms with van der Waals surface area (Å²) in [5.74, 6) is 0.564. The maximum absolute atomic E-state index is 12.4. The van der Waals surface area contributed by atoms with E-state index in [-0.39, 0.29) is 6.09 Å². The molecular weight excluding hydrogens is 558 g/mol. The van der Waals surface area contributed by atoms with Gasteiger partial charge in [-0.25, -0.2) is 4.79 Å². The largest absolute Gasteiger partial charge is 0.444 e. The highest BCUT2D eigenvalue weighted by Gasteiger charge is 2.26. The van der Waals surface area contributed by atoms with Crippen LogP contribution in [0.3, 0.4) is 0 Å². The Bertz CT molecular complexity index is 1520. The van der Waals surface area contributed by atoms with Crippen molar-refractivity contribution in [2.24, 2.45) is 0 Å². The molecule has 2 heterocycles. The smallest absolute Gasteiger partial charge is 0.410 e. The van der Waals surface area contributed by atoms with Crippen LogP contribution in [0.2, 0.25) is 0 Å². The van der Waals surface area contributed by atoms with Gasteiger partial charge >= 0.3 is 6.09 Å². The SMILES string of the molecule is CC(C)(C)OC(=O)N1CCN(c2ccc(CNc3ccccc3NC(=S)Nc3ccc(-c4ccccc4)nn3)cc2)CC1. The van der Waals surface area contributed by atoms with Crippen LogP contribution in [0, 0.1) is 0 Å². The van der Waals surface area contributed by atoms with Gasteiger partial charge < -0.3 is 30.5 Å². The fourth-order valence-electron chi connectivity index (χ4n) is 4.67. The number of rotatable bonds is 7. The highest BCUT2D eigenvalue weighted by molar-refractivity contribution is 7.80. The average molecular weight is 596 g/mol. The van der Waals surface area contributed by atoms with E-state index in [9.17, 15) is 4.79 Å². The lowest BCUT2D eigenvalue weighted by atomic mass is 10.1. The molecule has 0 aliphatic carbocycles.